The molecule has 2 rings (SSSR count). The Morgan fingerprint density at radius 3 is 2.87 bits per heavy atom. The van der Waals surface area contributed by atoms with Crippen molar-refractivity contribution < 1.29 is 4.79 Å². The fourth-order valence-corrected chi connectivity index (χ4v) is 1.66. The van der Waals surface area contributed by atoms with E-state index in [0.29, 0.717) is 23.9 Å². The zero-order valence-corrected chi connectivity index (χ0v) is 9.03. The number of carbonyl (C=O) groups is 1. The first-order chi connectivity index (χ1) is 7.15. The van der Waals surface area contributed by atoms with Gasteiger partial charge in [-0.3, -0.25) is 4.79 Å². The van der Waals surface area contributed by atoms with Gasteiger partial charge in [-0.05, 0) is 12.1 Å². The maximum absolute atomic E-state index is 11.3. The Hall–Kier alpha value is -1.36. The minimum atomic E-state index is 0.109. The molecule has 0 aromatic carbocycles. The standard InChI is InChI=1S/C9H11ClN4O/c1-14-5-6(4-9(14)15)11-8-3-2-7(10)12-13-8/h2-3,6H,4-5H2,1H3,(H,11,13). The average Bonchev–Trinajstić information content (AvgIpc) is 2.50. The van der Waals surface area contributed by atoms with Gasteiger partial charge < -0.3 is 10.2 Å². The highest BCUT2D eigenvalue weighted by atomic mass is 35.5. The van der Waals surface area contributed by atoms with Crippen LogP contribution in [-0.4, -0.2) is 40.6 Å². The molecule has 0 aliphatic carbocycles. The van der Waals surface area contributed by atoms with Crippen LogP contribution in [0.4, 0.5) is 5.82 Å². The average molecular weight is 227 g/mol. The van der Waals surface area contributed by atoms with E-state index in [1.165, 1.54) is 0 Å². The second-order valence-electron chi connectivity index (χ2n) is 3.56. The molecule has 0 spiro atoms. The minimum Gasteiger partial charge on any atom is -0.364 e. The van der Waals surface area contributed by atoms with Crippen molar-refractivity contribution >= 4 is 23.3 Å². The Labute approximate surface area is 92.4 Å². The molecule has 1 aliphatic heterocycles. The fourth-order valence-electron chi connectivity index (χ4n) is 1.56. The molecule has 0 bridgehead atoms. The zero-order chi connectivity index (χ0) is 10.8. The third kappa shape index (κ3) is 2.36. The van der Waals surface area contributed by atoms with Crippen molar-refractivity contribution in [2.75, 3.05) is 18.9 Å². The molecule has 80 valence electrons. The van der Waals surface area contributed by atoms with Crippen LogP contribution >= 0.6 is 11.6 Å². The Balaban J connectivity index is 1.98. The number of likely N-dealkylation sites (N-methyl/N-ethyl adjacent to an activating group) is 1. The van der Waals surface area contributed by atoms with Crippen molar-refractivity contribution in [3.8, 4) is 0 Å². The number of amides is 1. The molecule has 5 nitrogen and oxygen atoms in total. The van der Waals surface area contributed by atoms with Crippen LogP contribution in [0.3, 0.4) is 0 Å². The fraction of sp³-hybridized carbons (Fsp3) is 0.444. The molecule has 0 radical (unpaired) electrons. The number of nitrogens with zero attached hydrogens (tertiary/aromatic N) is 3. The summed E-state index contributed by atoms with van der Waals surface area (Å²) in [4.78, 5) is 13.0. The summed E-state index contributed by atoms with van der Waals surface area (Å²) in [5.74, 6) is 0.793. The van der Waals surface area contributed by atoms with E-state index in [-0.39, 0.29) is 11.9 Å². The summed E-state index contributed by atoms with van der Waals surface area (Å²) in [5.41, 5.74) is 0. The highest BCUT2D eigenvalue weighted by Gasteiger charge is 2.26. The van der Waals surface area contributed by atoms with Gasteiger partial charge in [-0.1, -0.05) is 11.6 Å². The highest BCUT2D eigenvalue weighted by molar-refractivity contribution is 6.29. The lowest BCUT2D eigenvalue weighted by molar-refractivity contribution is -0.126. The maximum Gasteiger partial charge on any atom is 0.224 e. The van der Waals surface area contributed by atoms with Gasteiger partial charge in [0.25, 0.3) is 0 Å². The number of hydrogen-bond acceptors (Lipinski definition) is 4. The van der Waals surface area contributed by atoms with Crippen molar-refractivity contribution in [1.82, 2.24) is 15.1 Å². The Kier molecular flexibility index (Phi) is 2.73. The molecule has 1 amide bonds. The summed E-state index contributed by atoms with van der Waals surface area (Å²) in [7, 11) is 1.79. The van der Waals surface area contributed by atoms with E-state index in [9.17, 15) is 4.79 Å². The lowest BCUT2D eigenvalue weighted by atomic mass is 10.2. The van der Waals surface area contributed by atoms with Crippen LogP contribution in [0.5, 0.6) is 0 Å². The first kappa shape index (κ1) is 10.2. The zero-order valence-electron chi connectivity index (χ0n) is 8.27. The van der Waals surface area contributed by atoms with E-state index in [0.717, 1.165) is 0 Å². The van der Waals surface area contributed by atoms with Gasteiger partial charge in [-0.25, -0.2) is 0 Å². The van der Waals surface area contributed by atoms with Crippen molar-refractivity contribution in [2.45, 2.75) is 12.5 Å². The number of hydrogen-bond donors (Lipinski definition) is 1. The molecule has 1 saturated heterocycles. The van der Waals surface area contributed by atoms with Crippen LogP contribution in [0.1, 0.15) is 6.42 Å². The van der Waals surface area contributed by atoms with Crippen molar-refractivity contribution in [3.63, 3.8) is 0 Å². The molecule has 1 atom stereocenters. The third-order valence-corrected chi connectivity index (χ3v) is 2.53. The molecule has 1 fully saturated rings. The summed E-state index contributed by atoms with van der Waals surface area (Å²) in [6.45, 7) is 0.698. The molecule has 1 unspecified atom stereocenters. The molecule has 0 saturated carbocycles. The molecule has 2 heterocycles. The summed E-state index contributed by atoms with van der Waals surface area (Å²) in [6, 6.07) is 3.52. The summed E-state index contributed by atoms with van der Waals surface area (Å²) >= 11 is 5.61. The number of carbonyl (C=O) groups excluding carboxylic acids is 1. The van der Waals surface area contributed by atoms with E-state index in [2.05, 4.69) is 15.5 Å². The van der Waals surface area contributed by atoms with Crippen LogP contribution in [0.15, 0.2) is 12.1 Å². The normalized spacial score (nSPS) is 20.8. The molecule has 1 aromatic rings. The smallest absolute Gasteiger partial charge is 0.224 e. The van der Waals surface area contributed by atoms with Gasteiger partial charge in [-0.2, -0.15) is 0 Å². The predicted octanol–water partition coefficient (Wildman–Crippen LogP) is 0.773. The van der Waals surface area contributed by atoms with E-state index < -0.39 is 0 Å². The molecule has 1 aliphatic rings. The first-order valence-corrected chi connectivity index (χ1v) is 5.02. The second kappa shape index (κ2) is 4.02. The molecule has 6 heteroatoms. The number of anilines is 1. The van der Waals surface area contributed by atoms with Crippen molar-refractivity contribution in [3.05, 3.63) is 17.3 Å². The molecular weight excluding hydrogens is 216 g/mol. The van der Waals surface area contributed by atoms with E-state index in [1.807, 2.05) is 0 Å². The SMILES string of the molecule is CN1CC(Nc2ccc(Cl)nn2)CC1=O. The van der Waals surface area contributed by atoms with Gasteiger partial charge >= 0.3 is 0 Å². The summed E-state index contributed by atoms with van der Waals surface area (Å²) in [5, 5.41) is 11.1. The number of halogens is 1. The lowest BCUT2D eigenvalue weighted by Gasteiger charge is -2.12. The Morgan fingerprint density at radius 1 is 1.53 bits per heavy atom. The van der Waals surface area contributed by atoms with Crippen molar-refractivity contribution in [2.24, 2.45) is 0 Å². The lowest BCUT2D eigenvalue weighted by Crippen LogP contribution is -2.24. The first-order valence-electron chi connectivity index (χ1n) is 4.65. The van der Waals surface area contributed by atoms with Crippen LogP contribution in [0.2, 0.25) is 5.15 Å². The number of nitrogens with one attached hydrogen (secondary N) is 1. The number of rotatable bonds is 2. The number of likely N-dealkylation sites (tertiary alicyclic amines) is 1. The molecule has 1 N–H and O–H groups in total. The molecular formula is C9H11ClN4O. The third-order valence-electron chi connectivity index (χ3n) is 2.33. The molecule has 1 aromatic heterocycles. The van der Waals surface area contributed by atoms with Crippen LogP contribution in [-0.2, 0) is 4.79 Å². The maximum atomic E-state index is 11.3. The van der Waals surface area contributed by atoms with Crippen LogP contribution in [0, 0.1) is 0 Å². The van der Waals surface area contributed by atoms with Gasteiger partial charge in [0.1, 0.15) is 5.82 Å². The van der Waals surface area contributed by atoms with Gasteiger partial charge in [0, 0.05) is 20.0 Å². The Morgan fingerprint density at radius 2 is 2.33 bits per heavy atom. The number of aromatic nitrogens is 2. The van der Waals surface area contributed by atoms with E-state index in [4.69, 9.17) is 11.6 Å². The van der Waals surface area contributed by atoms with Crippen LogP contribution in [0.25, 0.3) is 0 Å². The monoisotopic (exact) mass is 226 g/mol. The van der Waals surface area contributed by atoms with E-state index in [1.54, 1.807) is 24.1 Å². The van der Waals surface area contributed by atoms with Crippen molar-refractivity contribution in [1.29, 1.82) is 0 Å². The van der Waals surface area contributed by atoms with Gasteiger partial charge in [-0.15, -0.1) is 10.2 Å². The summed E-state index contributed by atoms with van der Waals surface area (Å²) < 4.78 is 0. The topological polar surface area (TPSA) is 58.1 Å². The minimum absolute atomic E-state index is 0.109. The van der Waals surface area contributed by atoms with Gasteiger partial charge in [0.05, 0.1) is 6.04 Å². The second-order valence-corrected chi connectivity index (χ2v) is 3.95. The predicted molar refractivity (Wildman–Crippen MR) is 56.7 cm³/mol. The molecule has 15 heavy (non-hydrogen) atoms. The Bertz CT molecular complexity index is 367. The van der Waals surface area contributed by atoms with Gasteiger partial charge in [0.2, 0.25) is 5.91 Å². The highest BCUT2D eigenvalue weighted by Crippen LogP contribution is 2.14. The quantitative estimate of drug-likeness (QED) is 0.810. The van der Waals surface area contributed by atoms with Gasteiger partial charge in [0.15, 0.2) is 5.15 Å². The summed E-state index contributed by atoms with van der Waals surface area (Å²) in [6.07, 6.45) is 0.501. The largest absolute Gasteiger partial charge is 0.364 e. The van der Waals surface area contributed by atoms with Crippen LogP contribution < -0.4 is 5.32 Å². The van der Waals surface area contributed by atoms with E-state index >= 15 is 0 Å².